The SMILES string of the molecule is COc1cc(Br)c(N)cc1S(=O)(=O)NC1CCCCC1O. The fraction of sp³-hybridized carbons (Fsp3) is 0.538. The zero-order chi connectivity index (χ0) is 15.6. The summed E-state index contributed by atoms with van der Waals surface area (Å²) in [5.41, 5.74) is 6.06. The molecule has 0 saturated heterocycles. The molecule has 1 aliphatic carbocycles. The summed E-state index contributed by atoms with van der Waals surface area (Å²) in [5.74, 6) is 0.203. The molecule has 0 aromatic heterocycles. The Morgan fingerprint density at radius 1 is 1.38 bits per heavy atom. The number of hydrogen-bond acceptors (Lipinski definition) is 5. The Hall–Kier alpha value is -0.830. The number of hydrogen-bond donors (Lipinski definition) is 3. The molecule has 1 aromatic rings. The predicted molar refractivity (Wildman–Crippen MR) is 83.7 cm³/mol. The first-order valence-electron chi connectivity index (χ1n) is 6.68. The van der Waals surface area contributed by atoms with E-state index < -0.39 is 22.2 Å². The summed E-state index contributed by atoms with van der Waals surface area (Å²) in [6.07, 6.45) is 2.37. The largest absolute Gasteiger partial charge is 0.495 e. The van der Waals surface area contributed by atoms with E-state index in [1.165, 1.54) is 19.2 Å². The number of aliphatic hydroxyl groups is 1. The zero-order valence-electron chi connectivity index (χ0n) is 11.7. The maximum absolute atomic E-state index is 12.5. The predicted octanol–water partition coefficient (Wildman–Crippen LogP) is 1.62. The number of nitrogen functional groups attached to an aromatic ring is 1. The normalized spacial score (nSPS) is 23.0. The Morgan fingerprint density at radius 3 is 2.67 bits per heavy atom. The maximum atomic E-state index is 12.5. The van der Waals surface area contributed by atoms with Gasteiger partial charge in [-0.2, -0.15) is 0 Å². The molecule has 1 fully saturated rings. The van der Waals surface area contributed by atoms with Gasteiger partial charge in [0.2, 0.25) is 10.0 Å². The van der Waals surface area contributed by atoms with Gasteiger partial charge in [-0.05, 0) is 40.9 Å². The number of nitrogens with two attached hydrogens (primary N) is 1. The van der Waals surface area contributed by atoms with Crippen LogP contribution < -0.4 is 15.2 Å². The fourth-order valence-electron chi connectivity index (χ4n) is 2.43. The van der Waals surface area contributed by atoms with Crippen molar-refractivity contribution in [2.45, 2.75) is 42.7 Å². The molecule has 2 rings (SSSR count). The van der Waals surface area contributed by atoms with Gasteiger partial charge in [-0.3, -0.25) is 0 Å². The van der Waals surface area contributed by atoms with Crippen LogP contribution >= 0.6 is 15.9 Å². The molecular formula is C13H19BrN2O4S. The van der Waals surface area contributed by atoms with Gasteiger partial charge in [0.05, 0.1) is 13.2 Å². The molecule has 0 amide bonds. The lowest BCUT2D eigenvalue weighted by atomic mass is 9.93. The highest BCUT2D eigenvalue weighted by Gasteiger charge is 2.30. The van der Waals surface area contributed by atoms with E-state index in [-0.39, 0.29) is 10.6 Å². The Morgan fingerprint density at radius 2 is 2.05 bits per heavy atom. The van der Waals surface area contributed by atoms with Crippen LogP contribution in [-0.4, -0.2) is 32.8 Å². The van der Waals surface area contributed by atoms with Crippen LogP contribution in [0.4, 0.5) is 5.69 Å². The molecule has 2 atom stereocenters. The van der Waals surface area contributed by atoms with Gasteiger partial charge in [-0.1, -0.05) is 12.8 Å². The lowest BCUT2D eigenvalue weighted by Gasteiger charge is -2.28. The molecule has 0 heterocycles. The third kappa shape index (κ3) is 3.68. The smallest absolute Gasteiger partial charge is 0.244 e. The van der Waals surface area contributed by atoms with Crippen molar-refractivity contribution in [2.24, 2.45) is 0 Å². The first-order chi connectivity index (χ1) is 9.85. The van der Waals surface area contributed by atoms with Gasteiger partial charge < -0.3 is 15.6 Å². The standard InChI is InChI=1S/C13H19BrN2O4S/c1-20-12-6-8(14)9(15)7-13(12)21(18,19)16-10-4-2-3-5-11(10)17/h6-7,10-11,16-17H,2-5,15H2,1H3. The molecule has 1 aliphatic rings. The van der Waals surface area contributed by atoms with Crippen LogP contribution in [0.2, 0.25) is 0 Å². The topological polar surface area (TPSA) is 102 Å². The molecule has 2 unspecified atom stereocenters. The van der Waals surface area contributed by atoms with E-state index in [4.69, 9.17) is 10.5 Å². The van der Waals surface area contributed by atoms with Crippen molar-refractivity contribution < 1.29 is 18.3 Å². The molecule has 8 heteroatoms. The highest BCUT2D eigenvalue weighted by Crippen LogP contribution is 2.33. The molecule has 0 spiro atoms. The highest BCUT2D eigenvalue weighted by molar-refractivity contribution is 9.10. The number of ether oxygens (including phenoxy) is 1. The van der Waals surface area contributed by atoms with Crippen LogP contribution in [0.1, 0.15) is 25.7 Å². The van der Waals surface area contributed by atoms with Crippen LogP contribution in [0.15, 0.2) is 21.5 Å². The number of aliphatic hydroxyl groups excluding tert-OH is 1. The van der Waals surface area contributed by atoms with Crippen molar-refractivity contribution in [3.05, 3.63) is 16.6 Å². The lowest BCUT2D eigenvalue weighted by Crippen LogP contribution is -2.45. The highest BCUT2D eigenvalue weighted by atomic mass is 79.9. The van der Waals surface area contributed by atoms with E-state index in [1.54, 1.807) is 0 Å². The Kier molecular flexibility index (Phi) is 5.13. The summed E-state index contributed by atoms with van der Waals surface area (Å²) >= 11 is 3.24. The molecule has 4 N–H and O–H groups in total. The summed E-state index contributed by atoms with van der Waals surface area (Å²) in [5, 5.41) is 9.91. The van der Waals surface area contributed by atoms with Gasteiger partial charge in [0.25, 0.3) is 0 Å². The Bertz CT molecular complexity index is 621. The van der Waals surface area contributed by atoms with Gasteiger partial charge in [0.15, 0.2) is 0 Å². The summed E-state index contributed by atoms with van der Waals surface area (Å²) < 4.78 is 33.3. The fourth-order valence-corrected chi connectivity index (χ4v) is 4.24. The average molecular weight is 379 g/mol. The number of methoxy groups -OCH3 is 1. The van der Waals surface area contributed by atoms with Crippen molar-refractivity contribution in [1.82, 2.24) is 4.72 Å². The minimum atomic E-state index is -3.81. The van der Waals surface area contributed by atoms with Crippen molar-refractivity contribution in [3.8, 4) is 5.75 Å². The van der Waals surface area contributed by atoms with Crippen molar-refractivity contribution in [2.75, 3.05) is 12.8 Å². The Balaban J connectivity index is 2.33. The molecule has 6 nitrogen and oxygen atoms in total. The molecule has 1 saturated carbocycles. The van der Waals surface area contributed by atoms with Crippen molar-refractivity contribution in [1.29, 1.82) is 0 Å². The van der Waals surface area contributed by atoms with E-state index >= 15 is 0 Å². The van der Waals surface area contributed by atoms with Gasteiger partial charge in [-0.25, -0.2) is 13.1 Å². The minimum absolute atomic E-state index is 0.0246. The number of anilines is 1. The van der Waals surface area contributed by atoms with E-state index in [1.807, 2.05) is 0 Å². The second kappa shape index (κ2) is 6.51. The molecule has 0 bridgehead atoms. The quantitative estimate of drug-likeness (QED) is 0.690. The van der Waals surface area contributed by atoms with E-state index in [9.17, 15) is 13.5 Å². The summed E-state index contributed by atoms with van der Waals surface area (Å²) in [6.45, 7) is 0. The van der Waals surface area contributed by atoms with E-state index in [0.717, 1.165) is 12.8 Å². The number of halogens is 1. The third-order valence-corrected chi connectivity index (χ3v) is 5.81. The van der Waals surface area contributed by atoms with Gasteiger partial charge in [-0.15, -0.1) is 0 Å². The van der Waals surface area contributed by atoms with Gasteiger partial charge in [0.1, 0.15) is 10.6 Å². The van der Waals surface area contributed by atoms with Crippen molar-refractivity contribution in [3.63, 3.8) is 0 Å². The molecule has 0 radical (unpaired) electrons. The van der Waals surface area contributed by atoms with E-state index in [0.29, 0.717) is 23.0 Å². The summed E-state index contributed by atoms with van der Waals surface area (Å²) in [4.78, 5) is -0.0246. The first-order valence-corrected chi connectivity index (χ1v) is 8.96. The van der Waals surface area contributed by atoms with Crippen LogP contribution in [0, 0.1) is 0 Å². The van der Waals surface area contributed by atoms with Gasteiger partial charge in [0, 0.05) is 16.2 Å². The zero-order valence-corrected chi connectivity index (χ0v) is 14.1. The number of rotatable bonds is 4. The average Bonchev–Trinajstić information content (AvgIpc) is 2.43. The molecule has 21 heavy (non-hydrogen) atoms. The first kappa shape index (κ1) is 16.5. The maximum Gasteiger partial charge on any atom is 0.244 e. The minimum Gasteiger partial charge on any atom is -0.495 e. The monoisotopic (exact) mass is 378 g/mol. The van der Waals surface area contributed by atoms with Crippen LogP contribution in [0.3, 0.4) is 0 Å². The van der Waals surface area contributed by atoms with Gasteiger partial charge >= 0.3 is 0 Å². The molecule has 0 aliphatic heterocycles. The summed E-state index contributed by atoms with van der Waals surface area (Å²) in [7, 11) is -2.42. The van der Waals surface area contributed by atoms with E-state index in [2.05, 4.69) is 20.7 Å². The molecule has 118 valence electrons. The van der Waals surface area contributed by atoms with Crippen LogP contribution in [0.25, 0.3) is 0 Å². The lowest BCUT2D eigenvalue weighted by molar-refractivity contribution is 0.101. The van der Waals surface area contributed by atoms with Crippen molar-refractivity contribution >= 4 is 31.6 Å². The number of nitrogens with one attached hydrogen (secondary N) is 1. The summed E-state index contributed by atoms with van der Waals surface area (Å²) in [6, 6.07) is 2.39. The van der Waals surface area contributed by atoms with Crippen LogP contribution in [-0.2, 0) is 10.0 Å². The Labute approximate surface area is 132 Å². The second-order valence-corrected chi connectivity index (χ2v) is 7.64. The molecular weight excluding hydrogens is 360 g/mol. The van der Waals surface area contributed by atoms with Crippen LogP contribution in [0.5, 0.6) is 5.75 Å². The second-order valence-electron chi connectivity index (χ2n) is 5.10. The number of sulfonamides is 1. The number of benzene rings is 1. The third-order valence-electron chi connectivity index (χ3n) is 3.61. The molecule has 1 aromatic carbocycles.